The molecule has 5 nitrogen and oxygen atoms in total. The van der Waals surface area contributed by atoms with E-state index in [-0.39, 0.29) is 6.54 Å². The van der Waals surface area contributed by atoms with E-state index in [4.69, 9.17) is 14.6 Å². The average molecular weight is 211 g/mol. The Balaban J connectivity index is 1.92. The highest BCUT2D eigenvalue weighted by Crippen LogP contribution is 2.21. The topological polar surface area (TPSA) is 78.1 Å². The van der Waals surface area contributed by atoms with Crippen molar-refractivity contribution in [3.63, 3.8) is 0 Å². The van der Waals surface area contributed by atoms with Crippen LogP contribution in [-0.4, -0.2) is 10.2 Å². The van der Waals surface area contributed by atoms with E-state index in [0.717, 1.165) is 5.76 Å². The molecule has 2 N–H and O–H groups in total. The summed E-state index contributed by atoms with van der Waals surface area (Å²) in [5.41, 5.74) is 5.33. The maximum absolute atomic E-state index is 5.33. The van der Waals surface area contributed by atoms with Crippen LogP contribution in [-0.2, 0) is 12.3 Å². The fourth-order valence-corrected chi connectivity index (χ4v) is 1.59. The quantitative estimate of drug-likeness (QED) is 0.770. The van der Waals surface area contributed by atoms with E-state index in [9.17, 15) is 0 Å². The van der Waals surface area contributed by atoms with Crippen molar-refractivity contribution in [3.8, 4) is 0 Å². The monoisotopic (exact) mass is 211 g/mol. The van der Waals surface area contributed by atoms with E-state index < -0.39 is 0 Å². The molecule has 0 aliphatic heterocycles. The maximum atomic E-state index is 5.33. The van der Waals surface area contributed by atoms with Crippen LogP contribution in [0.2, 0.25) is 0 Å². The van der Waals surface area contributed by atoms with Gasteiger partial charge >= 0.3 is 0 Å². The Labute approximate surface area is 84.7 Å². The van der Waals surface area contributed by atoms with Gasteiger partial charge in [0.05, 0.1) is 18.6 Å². The number of nitrogens with zero attached hydrogens (tertiary/aromatic N) is 2. The van der Waals surface area contributed by atoms with E-state index in [1.807, 2.05) is 12.1 Å². The SMILES string of the molecule is NCc1nnc(SCc2ccco2)o1. The van der Waals surface area contributed by atoms with Crippen molar-refractivity contribution in [2.24, 2.45) is 5.73 Å². The van der Waals surface area contributed by atoms with Crippen molar-refractivity contribution < 1.29 is 8.83 Å². The van der Waals surface area contributed by atoms with E-state index in [2.05, 4.69) is 10.2 Å². The predicted octanol–water partition coefficient (Wildman–Crippen LogP) is 1.41. The third-order valence-corrected chi connectivity index (χ3v) is 2.38. The first-order valence-corrected chi connectivity index (χ1v) is 5.04. The number of thioether (sulfide) groups is 1. The van der Waals surface area contributed by atoms with Gasteiger partial charge in [0.25, 0.3) is 5.22 Å². The smallest absolute Gasteiger partial charge is 0.277 e. The first kappa shape index (κ1) is 9.29. The minimum absolute atomic E-state index is 0.272. The van der Waals surface area contributed by atoms with Gasteiger partial charge in [-0.25, -0.2) is 0 Å². The third-order valence-electron chi connectivity index (χ3n) is 1.54. The molecule has 0 bridgehead atoms. The Hall–Kier alpha value is -1.27. The Morgan fingerprint density at radius 2 is 2.36 bits per heavy atom. The molecule has 2 rings (SSSR count). The molecular weight excluding hydrogens is 202 g/mol. The molecule has 2 aromatic heterocycles. The van der Waals surface area contributed by atoms with Crippen molar-refractivity contribution in [1.82, 2.24) is 10.2 Å². The lowest BCUT2D eigenvalue weighted by molar-refractivity contribution is 0.414. The molecule has 14 heavy (non-hydrogen) atoms. The summed E-state index contributed by atoms with van der Waals surface area (Å²) in [7, 11) is 0. The second-order valence-electron chi connectivity index (χ2n) is 2.53. The van der Waals surface area contributed by atoms with Gasteiger partial charge in [-0.3, -0.25) is 0 Å². The van der Waals surface area contributed by atoms with Crippen LogP contribution in [0.3, 0.4) is 0 Å². The summed E-state index contributed by atoms with van der Waals surface area (Å²) in [6, 6.07) is 3.74. The van der Waals surface area contributed by atoms with Gasteiger partial charge in [0.15, 0.2) is 0 Å². The lowest BCUT2D eigenvalue weighted by Gasteiger charge is -1.91. The van der Waals surface area contributed by atoms with E-state index >= 15 is 0 Å². The normalized spacial score (nSPS) is 10.6. The summed E-state index contributed by atoms with van der Waals surface area (Å²) in [5.74, 6) is 2.01. The highest BCUT2D eigenvalue weighted by atomic mass is 32.2. The lowest BCUT2D eigenvalue weighted by atomic mass is 10.5. The van der Waals surface area contributed by atoms with Crippen molar-refractivity contribution in [1.29, 1.82) is 0 Å². The Morgan fingerprint density at radius 1 is 1.43 bits per heavy atom. The second kappa shape index (κ2) is 4.30. The molecule has 0 unspecified atom stereocenters. The van der Waals surface area contributed by atoms with E-state index in [0.29, 0.717) is 16.9 Å². The van der Waals surface area contributed by atoms with Gasteiger partial charge in [0, 0.05) is 0 Å². The molecule has 0 amide bonds. The number of nitrogens with two attached hydrogens (primary N) is 1. The number of aromatic nitrogens is 2. The Morgan fingerprint density at radius 3 is 3.00 bits per heavy atom. The fourth-order valence-electron chi connectivity index (χ4n) is 0.907. The third kappa shape index (κ3) is 2.15. The molecule has 0 radical (unpaired) electrons. The van der Waals surface area contributed by atoms with Crippen molar-refractivity contribution in [2.75, 3.05) is 0 Å². The molecule has 0 saturated heterocycles. The summed E-state index contributed by atoms with van der Waals surface area (Å²) < 4.78 is 10.4. The molecule has 2 aromatic rings. The van der Waals surface area contributed by atoms with Gasteiger partial charge in [0.2, 0.25) is 5.89 Å². The molecule has 0 saturated carbocycles. The van der Waals surface area contributed by atoms with Gasteiger partial charge in [0.1, 0.15) is 5.76 Å². The van der Waals surface area contributed by atoms with Gasteiger partial charge in [-0.05, 0) is 12.1 Å². The molecular formula is C8H9N3O2S. The van der Waals surface area contributed by atoms with Crippen LogP contribution in [0.5, 0.6) is 0 Å². The molecule has 0 spiro atoms. The summed E-state index contributed by atoms with van der Waals surface area (Å²) in [6.07, 6.45) is 1.63. The van der Waals surface area contributed by atoms with Crippen LogP contribution in [0.1, 0.15) is 11.7 Å². The van der Waals surface area contributed by atoms with Gasteiger partial charge in [-0.15, -0.1) is 10.2 Å². The zero-order valence-corrected chi connectivity index (χ0v) is 8.16. The Kier molecular flexibility index (Phi) is 2.85. The van der Waals surface area contributed by atoms with Gasteiger partial charge < -0.3 is 14.6 Å². The summed E-state index contributed by atoms with van der Waals surface area (Å²) in [6.45, 7) is 0.272. The Bertz CT molecular complexity index is 385. The summed E-state index contributed by atoms with van der Waals surface area (Å²) in [4.78, 5) is 0. The minimum Gasteiger partial charge on any atom is -0.468 e. The van der Waals surface area contributed by atoms with Crippen LogP contribution in [0.15, 0.2) is 32.5 Å². The summed E-state index contributed by atoms with van der Waals surface area (Å²) in [5, 5.41) is 8.07. The van der Waals surface area contributed by atoms with E-state index in [1.165, 1.54) is 11.8 Å². The highest BCUT2D eigenvalue weighted by Gasteiger charge is 2.05. The van der Waals surface area contributed by atoms with Crippen molar-refractivity contribution in [2.45, 2.75) is 17.5 Å². The van der Waals surface area contributed by atoms with Crippen LogP contribution >= 0.6 is 11.8 Å². The molecule has 74 valence electrons. The number of hydrogen-bond donors (Lipinski definition) is 1. The van der Waals surface area contributed by atoms with Crippen molar-refractivity contribution >= 4 is 11.8 Å². The molecule has 0 aromatic carbocycles. The highest BCUT2D eigenvalue weighted by molar-refractivity contribution is 7.98. The minimum atomic E-state index is 0.272. The zero-order chi connectivity index (χ0) is 9.80. The van der Waals surface area contributed by atoms with E-state index in [1.54, 1.807) is 6.26 Å². The standard InChI is InChI=1S/C8H9N3O2S/c9-4-7-10-11-8(13-7)14-5-6-2-1-3-12-6/h1-3H,4-5,9H2. The van der Waals surface area contributed by atoms with Crippen LogP contribution in [0, 0.1) is 0 Å². The largest absolute Gasteiger partial charge is 0.468 e. The molecule has 0 aliphatic rings. The van der Waals surface area contributed by atoms with Gasteiger partial charge in [-0.2, -0.15) is 0 Å². The summed E-state index contributed by atoms with van der Waals surface area (Å²) >= 11 is 1.42. The predicted molar refractivity (Wildman–Crippen MR) is 50.5 cm³/mol. The first-order chi connectivity index (χ1) is 6.88. The second-order valence-corrected chi connectivity index (χ2v) is 3.46. The van der Waals surface area contributed by atoms with Crippen LogP contribution in [0.4, 0.5) is 0 Å². The average Bonchev–Trinajstić information content (AvgIpc) is 2.86. The first-order valence-electron chi connectivity index (χ1n) is 4.06. The van der Waals surface area contributed by atoms with Crippen molar-refractivity contribution in [3.05, 3.63) is 30.0 Å². The van der Waals surface area contributed by atoms with Gasteiger partial charge in [-0.1, -0.05) is 11.8 Å². The molecule has 2 heterocycles. The number of rotatable bonds is 4. The fraction of sp³-hybridized carbons (Fsp3) is 0.250. The number of furan rings is 1. The number of hydrogen-bond acceptors (Lipinski definition) is 6. The lowest BCUT2D eigenvalue weighted by Crippen LogP contribution is -1.95. The molecule has 0 atom stereocenters. The molecule has 6 heteroatoms. The van der Waals surface area contributed by atoms with Crippen LogP contribution < -0.4 is 5.73 Å². The zero-order valence-electron chi connectivity index (χ0n) is 7.34. The maximum Gasteiger partial charge on any atom is 0.277 e. The molecule has 0 aliphatic carbocycles. The van der Waals surface area contributed by atoms with Crippen LogP contribution in [0.25, 0.3) is 0 Å². The molecule has 0 fully saturated rings.